The summed E-state index contributed by atoms with van der Waals surface area (Å²) in [5.41, 5.74) is 2.16. The van der Waals surface area contributed by atoms with Crippen LogP contribution in [0.25, 0.3) is 0 Å². The molecule has 3 rings (SSSR count). The highest BCUT2D eigenvalue weighted by Crippen LogP contribution is 2.26. The molecule has 0 aliphatic carbocycles. The van der Waals surface area contributed by atoms with Crippen LogP contribution >= 0.6 is 15.9 Å². The number of nitrogens with zero attached hydrogens (tertiary/aromatic N) is 4. The average molecular weight is 376 g/mol. The monoisotopic (exact) mass is 375 g/mol. The fraction of sp³-hybridized carbons (Fsp3) is 0.312. The Kier molecular flexibility index (Phi) is 4.76. The summed E-state index contributed by atoms with van der Waals surface area (Å²) in [6.07, 6.45) is 2.64. The first-order chi connectivity index (χ1) is 11.2. The highest BCUT2D eigenvalue weighted by atomic mass is 79.9. The first-order valence-corrected chi connectivity index (χ1v) is 8.25. The smallest absolute Gasteiger partial charge is 0.227 e. The van der Waals surface area contributed by atoms with Crippen molar-refractivity contribution in [3.05, 3.63) is 40.5 Å². The number of hydrogen-bond donors (Lipinski definition) is 1. The number of halogens is 1. The van der Waals surface area contributed by atoms with Crippen molar-refractivity contribution in [3.8, 4) is 0 Å². The van der Waals surface area contributed by atoms with E-state index in [-0.39, 0.29) is 0 Å². The van der Waals surface area contributed by atoms with Crippen molar-refractivity contribution in [2.24, 2.45) is 0 Å². The van der Waals surface area contributed by atoms with Crippen LogP contribution in [0.2, 0.25) is 0 Å². The van der Waals surface area contributed by atoms with E-state index in [4.69, 9.17) is 0 Å². The van der Waals surface area contributed by atoms with Crippen molar-refractivity contribution >= 4 is 39.8 Å². The molecule has 0 atom stereocenters. The second-order valence-electron chi connectivity index (χ2n) is 5.48. The normalized spacial score (nSPS) is 14.7. The van der Waals surface area contributed by atoms with E-state index in [1.807, 2.05) is 18.2 Å². The maximum atomic E-state index is 10.8. The van der Waals surface area contributed by atoms with E-state index in [0.717, 1.165) is 35.5 Å². The van der Waals surface area contributed by atoms with Crippen LogP contribution in [0.5, 0.6) is 0 Å². The van der Waals surface area contributed by atoms with Crippen LogP contribution < -0.4 is 10.2 Å². The Morgan fingerprint density at radius 2 is 2.00 bits per heavy atom. The Morgan fingerprint density at radius 1 is 1.22 bits per heavy atom. The van der Waals surface area contributed by atoms with Crippen LogP contribution in [0.1, 0.15) is 5.56 Å². The summed E-state index contributed by atoms with van der Waals surface area (Å²) >= 11 is 3.56. The molecule has 1 aliphatic heterocycles. The molecule has 6 nitrogen and oxygen atoms in total. The summed E-state index contributed by atoms with van der Waals surface area (Å²) in [7, 11) is 0. The molecule has 1 fully saturated rings. The molecule has 23 heavy (non-hydrogen) atoms. The molecule has 1 aliphatic rings. The first kappa shape index (κ1) is 15.7. The highest BCUT2D eigenvalue weighted by Gasteiger charge is 2.18. The predicted molar refractivity (Wildman–Crippen MR) is 94.0 cm³/mol. The molecule has 0 unspecified atom stereocenters. The van der Waals surface area contributed by atoms with Gasteiger partial charge in [-0.15, -0.1) is 0 Å². The lowest BCUT2D eigenvalue weighted by Crippen LogP contribution is -2.46. The second kappa shape index (κ2) is 6.95. The summed E-state index contributed by atoms with van der Waals surface area (Å²) < 4.78 is 0.997. The zero-order valence-corrected chi connectivity index (χ0v) is 14.5. The summed E-state index contributed by atoms with van der Waals surface area (Å²) in [5.74, 6) is 1.43. The molecule has 1 amide bonds. The maximum absolute atomic E-state index is 10.8. The van der Waals surface area contributed by atoms with Gasteiger partial charge in [0, 0.05) is 36.8 Å². The lowest BCUT2D eigenvalue weighted by Gasteiger charge is -2.32. The minimum absolute atomic E-state index is 0.684. The molecule has 0 spiro atoms. The van der Waals surface area contributed by atoms with E-state index < -0.39 is 0 Å². The molecular weight excluding hydrogens is 358 g/mol. The predicted octanol–water partition coefficient (Wildman–Crippen LogP) is 2.57. The third-order valence-electron chi connectivity index (χ3n) is 3.78. The Hall–Kier alpha value is -2.15. The Labute approximate surface area is 143 Å². The standard InChI is InChI=1S/C16H18BrN5O/c1-12-2-3-14(13(17)10-12)19-15-4-5-18-16(20-15)22-8-6-21(11-23)7-9-22/h2-5,10-11H,6-9H2,1H3,(H,18,19,20). The van der Waals surface area contributed by atoms with Gasteiger partial charge < -0.3 is 15.1 Å². The number of carbonyl (C=O) groups is 1. The van der Waals surface area contributed by atoms with Crippen molar-refractivity contribution in [2.45, 2.75) is 6.92 Å². The fourth-order valence-corrected chi connectivity index (χ4v) is 3.05. The summed E-state index contributed by atoms with van der Waals surface area (Å²) in [4.78, 5) is 23.6. The largest absolute Gasteiger partial charge is 0.342 e. The third kappa shape index (κ3) is 3.79. The van der Waals surface area contributed by atoms with E-state index in [9.17, 15) is 4.79 Å². The summed E-state index contributed by atoms with van der Waals surface area (Å²) in [6.45, 7) is 4.95. The number of rotatable bonds is 4. The number of aromatic nitrogens is 2. The Balaban J connectivity index is 1.74. The number of amides is 1. The van der Waals surface area contributed by atoms with Crippen LogP contribution in [0, 0.1) is 6.92 Å². The van der Waals surface area contributed by atoms with E-state index in [1.165, 1.54) is 5.56 Å². The first-order valence-electron chi connectivity index (χ1n) is 7.46. The topological polar surface area (TPSA) is 61.4 Å². The number of hydrogen-bond acceptors (Lipinski definition) is 5. The number of piperazine rings is 1. The van der Waals surface area contributed by atoms with Gasteiger partial charge in [-0.1, -0.05) is 6.07 Å². The summed E-state index contributed by atoms with van der Waals surface area (Å²) in [6, 6.07) is 7.97. The lowest BCUT2D eigenvalue weighted by atomic mass is 10.2. The quantitative estimate of drug-likeness (QED) is 0.832. The Morgan fingerprint density at radius 3 is 2.70 bits per heavy atom. The van der Waals surface area contributed by atoms with Gasteiger partial charge in [-0.2, -0.15) is 4.98 Å². The van der Waals surface area contributed by atoms with Crippen LogP contribution in [0.3, 0.4) is 0 Å². The maximum Gasteiger partial charge on any atom is 0.227 e. The molecule has 1 aromatic heterocycles. The molecule has 120 valence electrons. The van der Waals surface area contributed by atoms with E-state index >= 15 is 0 Å². The SMILES string of the molecule is Cc1ccc(Nc2ccnc(N3CCN(C=O)CC3)n2)c(Br)c1. The second-order valence-corrected chi connectivity index (χ2v) is 6.33. The summed E-state index contributed by atoms with van der Waals surface area (Å²) in [5, 5.41) is 3.31. The molecule has 0 bridgehead atoms. The van der Waals surface area contributed by atoms with Gasteiger partial charge in [-0.25, -0.2) is 4.98 Å². The van der Waals surface area contributed by atoms with Crippen molar-refractivity contribution in [3.63, 3.8) is 0 Å². The van der Waals surface area contributed by atoms with Gasteiger partial charge in [0.25, 0.3) is 0 Å². The third-order valence-corrected chi connectivity index (χ3v) is 4.43. The average Bonchev–Trinajstić information content (AvgIpc) is 2.58. The zero-order chi connectivity index (χ0) is 16.2. The Bertz CT molecular complexity index is 701. The molecule has 0 saturated carbocycles. The number of nitrogens with one attached hydrogen (secondary N) is 1. The van der Waals surface area contributed by atoms with Crippen molar-refractivity contribution < 1.29 is 4.79 Å². The minimum Gasteiger partial charge on any atom is -0.342 e. The molecule has 7 heteroatoms. The van der Waals surface area contributed by atoms with Crippen LogP contribution in [-0.2, 0) is 4.79 Å². The highest BCUT2D eigenvalue weighted by molar-refractivity contribution is 9.10. The van der Waals surface area contributed by atoms with Gasteiger partial charge in [0.15, 0.2) is 0 Å². The molecule has 1 N–H and O–H groups in total. The lowest BCUT2D eigenvalue weighted by molar-refractivity contribution is -0.118. The molecule has 1 saturated heterocycles. The van der Waals surface area contributed by atoms with Crippen LogP contribution in [0.15, 0.2) is 34.9 Å². The molecule has 1 aromatic carbocycles. The number of aryl methyl sites for hydroxylation is 1. The van der Waals surface area contributed by atoms with Gasteiger partial charge in [0.2, 0.25) is 12.4 Å². The van der Waals surface area contributed by atoms with Gasteiger partial charge >= 0.3 is 0 Å². The fourth-order valence-electron chi connectivity index (χ4n) is 2.46. The van der Waals surface area contributed by atoms with Gasteiger partial charge in [0.1, 0.15) is 5.82 Å². The molecule has 2 aromatic rings. The zero-order valence-electron chi connectivity index (χ0n) is 12.9. The minimum atomic E-state index is 0.684. The van der Waals surface area contributed by atoms with Gasteiger partial charge in [0.05, 0.1) is 5.69 Å². The van der Waals surface area contributed by atoms with Crippen LogP contribution in [-0.4, -0.2) is 47.5 Å². The van der Waals surface area contributed by atoms with Crippen molar-refractivity contribution in [2.75, 3.05) is 36.4 Å². The number of benzene rings is 1. The van der Waals surface area contributed by atoms with Crippen LogP contribution in [0.4, 0.5) is 17.5 Å². The molecule has 0 radical (unpaired) electrons. The molecule has 2 heterocycles. The molecular formula is C16H18BrN5O. The van der Waals surface area contributed by atoms with E-state index in [2.05, 4.69) is 49.1 Å². The van der Waals surface area contributed by atoms with E-state index in [0.29, 0.717) is 19.0 Å². The van der Waals surface area contributed by atoms with Crippen molar-refractivity contribution in [1.82, 2.24) is 14.9 Å². The van der Waals surface area contributed by atoms with Gasteiger partial charge in [-0.05, 0) is 46.6 Å². The van der Waals surface area contributed by atoms with Crippen molar-refractivity contribution in [1.29, 1.82) is 0 Å². The number of anilines is 3. The van der Waals surface area contributed by atoms with Gasteiger partial charge in [-0.3, -0.25) is 4.79 Å². The van der Waals surface area contributed by atoms with E-state index in [1.54, 1.807) is 11.1 Å². The number of carbonyl (C=O) groups excluding carboxylic acids is 1.